The van der Waals surface area contributed by atoms with Gasteiger partial charge in [0.15, 0.2) is 0 Å². The Balaban J connectivity index is 3.02. The first kappa shape index (κ1) is 9.25. The summed E-state index contributed by atoms with van der Waals surface area (Å²) in [4.78, 5) is 0. The average Bonchev–Trinajstić information content (AvgIpc) is 2.04. The molecule has 0 spiro atoms. The van der Waals surface area contributed by atoms with Crippen LogP contribution in [-0.4, -0.2) is 22.3 Å². The topological polar surface area (TPSA) is 60.7 Å². The van der Waals surface area contributed by atoms with Crippen LogP contribution in [0.2, 0.25) is 0 Å². The van der Waals surface area contributed by atoms with Gasteiger partial charge < -0.3 is 15.2 Å². The van der Waals surface area contributed by atoms with Crippen molar-refractivity contribution in [3.63, 3.8) is 0 Å². The molecule has 12 heavy (non-hydrogen) atoms. The molecule has 0 unspecified atom stereocenters. The normalized spacial score (nSPS) is 10.0. The third-order valence-corrected chi connectivity index (χ3v) is 1.84. The van der Waals surface area contributed by atoms with Crippen LogP contribution < -0.4 is 5.46 Å². The summed E-state index contributed by atoms with van der Waals surface area (Å²) < 4.78 is 0. The maximum atomic E-state index is 8.82. The van der Waals surface area contributed by atoms with Crippen LogP contribution in [0.5, 0.6) is 0 Å². The molecule has 0 aliphatic rings. The summed E-state index contributed by atoms with van der Waals surface area (Å²) in [7, 11) is -1.43. The van der Waals surface area contributed by atoms with Gasteiger partial charge in [0.05, 0.1) is 6.61 Å². The summed E-state index contributed by atoms with van der Waals surface area (Å²) in [6.45, 7) is 1.80. The van der Waals surface area contributed by atoms with Gasteiger partial charge in [0.1, 0.15) is 0 Å². The number of aliphatic hydroxyl groups is 1. The van der Waals surface area contributed by atoms with E-state index in [0.717, 1.165) is 11.1 Å². The van der Waals surface area contributed by atoms with E-state index in [1.54, 1.807) is 18.2 Å². The molecule has 0 aromatic heterocycles. The molecule has 0 saturated carbocycles. The van der Waals surface area contributed by atoms with Gasteiger partial charge in [-0.2, -0.15) is 0 Å². The fourth-order valence-electron chi connectivity index (χ4n) is 1.06. The lowest BCUT2D eigenvalue weighted by Gasteiger charge is -2.04. The second-order valence-corrected chi connectivity index (χ2v) is 2.72. The zero-order chi connectivity index (χ0) is 9.14. The minimum atomic E-state index is -1.43. The second kappa shape index (κ2) is 3.71. The molecule has 0 aliphatic heterocycles. The zero-order valence-corrected chi connectivity index (χ0v) is 6.86. The van der Waals surface area contributed by atoms with E-state index in [-0.39, 0.29) is 6.61 Å². The Hall–Kier alpha value is -0.835. The average molecular weight is 166 g/mol. The lowest BCUT2D eigenvalue weighted by atomic mass is 9.79. The van der Waals surface area contributed by atoms with E-state index in [0.29, 0.717) is 5.46 Å². The van der Waals surface area contributed by atoms with E-state index in [2.05, 4.69) is 0 Å². The molecule has 1 aromatic rings. The first-order chi connectivity index (χ1) is 5.65. The van der Waals surface area contributed by atoms with Crippen LogP contribution in [-0.2, 0) is 6.61 Å². The van der Waals surface area contributed by atoms with E-state index < -0.39 is 7.12 Å². The van der Waals surface area contributed by atoms with Gasteiger partial charge in [0, 0.05) is 0 Å². The Kier molecular flexibility index (Phi) is 2.86. The maximum absolute atomic E-state index is 8.82. The van der Waals surface area contributed by atoms with Crippen molar-refractivity contribution < 1.29 is 15.2 Å². The monoisotopic (exact) mass is 166 g/mol. The van der Waals surface area contributed by atoms with Crippen LogP contribution in [0.15, 0.2) is 18.2 Å². The molecule has 3 N–H and O–H groups in total. The molecule has 0 amide bonds. The Morgan fingerprint density at radius 1 is 1.33 bits per heavy atom. The molecule has 0 aliphatic carbocycles. The van der Waals surface area contributed by atoms with Crippen molar-refractivity contribution in [2.45, 2.75) is 13.5 Å². The van der Waals surface area contributed by atoms with E-state index in [1.165, 1.54) is 0 Å². The van der Waals surface area contributed by atoms with Crippen molar-refractivity contribution >= 4 is 12.6 Å². The fourth-order valence-corrected chi connectivity index (χ4v) is 1.06. The van der Waals surface area contributed by atoms with Gasteiger partial charge in [-0.15, -0.1) is 0 Å². The lowest BCUT2D eigenvalue weighted by Crippen LogP contribution is -2.30. The van der Waals surface area contributed by atoms with Crippen LogP contribution in [0.3, 0.4) is 0 Å². The van der Waals surface area contributed by atoms with Crippen LogP contribution >= 0.6 is 0 Å². The first-order valence-corrected chi connectivity index (χ1v) is 3.71. The van der Waals surface area contributed by atoms with Crippen LogP contribution in [0.4, 0.5) is 0 Å². The Morgan fingerprint density at radius 3 is 2.42 bits per heavy atom. The molecule has 0 heterocycles. The Bertz CT molecular complexity index is 273. The van der Waals surface area contributed by atoms with Crippen molar-refractivity contribution in [1.29, 1.82) is 0 Å². The van der Waals surface area contributed by atoms with Crippen molar-refractivity contribution in [2.75, 3.05) is 0 Å². The van der Waals surface area contributed by atoms with Crippen LogP contribution in [0, 0.1) is 6.92 Å². The Labute approximate surface area is 71.4 Å². The molecule has 4 heteroatoms. The molecule has 64 valence electrons. The fraction of sp³-hybridized carbons (Fsp3) is 0.250. The predicted molar refractivity (Wildman–Crippen MR) is 46.9 cm³/mol. The van der Waals surface area contributed by atoms with Gasteiger partial charge in [-0.05, 0) is 23.5 Å². The van der Waals surface area contributed by atoms with E-state index in [4.69, 9.17) is 15.2 Å². The van der Waals surface area contributed by atoms with Crippen molar-refractivity contribution in [1.82, 2.24) is 0 Å². The summed E-state index contributed by atoms with van der Waals surface area (Å²) >= 11 is 0. The highest BCUT2D eigenvalue weighted by Gasteiger charge is 2.11. The number of hydrogen-bond acceptors (Lipinski definition) is 3. The highest BCUT2D eigenvalue weighted by molar-refractivity contribution is 6.58. The molecule has 0 atom stereocenters. The smallest absolute Gasteiger partial charge is 0.423 e. The molecule has 0 fully saturated rings. The van der Waals surface area contributed by atoms with E-state index >= 15 is 0 Å². The standard InChI is InChI=1S/C8H11BO3/c1-6-4-8(9(11)12)3-2-7(6)5-10/h2-4,10-12H,5H2,1H3. The van der Waals surface area contributed by atoms with Crippen LogP contribution in [0.1, 0.15) is 11.1 Å². The van der Waals surface area contributed by atoms with Crippen LogP contribution in [0.25, 0.3) is 0 Å². The number of aryl methyl sites for hydroxylation is 1. The minimum Gasteiger partial charge on any atom is -0.423 e. The molecule has 0 radical (unpaired) electrons. The second-order valence-electron chi connectivity index (χ2n) is 2.72. The molecule has 1 rings (SSSR count). The van der Waals surface area contributed by atoms with Gasteiger partial charge in [-0.1, -0.05) is 18.2 Å². The lowest BCUT2D eigenvalue weighted by molar-refractivity contribution is 0.281. The van der Waals surface area contributed by atoms with Crippen molar-refractivity contribution in [3.05, 3.63) is 29.3 Å². The van der Waals surface area contributed by atoms with Crippen molar-refractivity contribution in [2.24, 2.45) is 0 Å². The highest BCUT2D eigenvalue weighted by atomic mass is 16.4. The van der Waals surface area contributed by atoms with Gasteiger partial charge in [-0.3, -0.25) is 0 Å². The molecular weight excluding hydrogens is 155 g/mol. The molecule has 3 nitrogen and oxygen atoms in total. The Morgan fingerprint density at radius 2 is 2.00 bits per heavy atom. The highest BCUT2D eigenvalue weighted by Crippen LogP contribution is 2.04. The quantitative estimate of drug-likeness (QED) is 0.502. The number of hydrogen-bond donors (Lipinski definition) is 3. The van der Waals surface area contributed by atoms with Gasteiger partial charge >= 0.3 is 7.12 Å². The maximum Gasteiger partial charge on any atom is 0.488 e. The molecule has 0 bridgehead atoms. The number of benzene rings is 1. The zero-order valence-electron chi connectivity index (χ0n) is 6.86. The predicted octanol–water partition coefficient (Wildman–Crippen LogP) is -0.833. The van der Waals surface area contributed by atoms with Gasteiger partial charge in [-0.25, -0.2) is 0 Å². The van der Waals surface area contributed by atoms with Gasteiger partial charge in [0.2, 0.25) is 0 Å². The number of aliphatic hydroxyl groups excluding tert-OH is 1. The minimum absolute atomic E-state index is 0.0202. The summed E-state index contributed by atoms with van der Waals surface area (Å²) in [5.41, 5.74) is 2.12. The van der Waals surface area contributed by atoms with Gasteiger partial charge in [0.25, 0.3) is 0 Å². The summed E-state index contributed by atoms with van der Waals surface area (Å²) in [6, 6.07) is 4.92. The molecule has 0 saturated heterocycles. The SMILES string of the molecule is Cc1cc(B(O)O)ccc1CO. The molecule has 1 aromatic carbocycles. The largest absolute Gasteiger partial charge is 0.488 e. The summed E-state index contributed by atoms with van der Waals surface area (Å²) in [6.07, 6.45) is 0. The number of rotatable bonds is 2. The third kappa shape index (κ3) is 1.85. The van der Waals surface area contributed by atoms with Crippen molar-refractivity contribution in [3.8, 4) is 0 Å². The van der Waals surface area contributed by atoms with E-state index in [1.807, 2.05) is 6.92 Å². The summed E-state index contributed by atoms with van der Waals surface area (Å²) in [5, 5.41) is 26.4. The molecular formula is C8H11BO3. The summed E-state index contributed by atoms with van der Waals surface area (Å²) in [5.74, 6) is 0. The van der Waals surface area contributed by atoms with E-state index in [9.17, 15) is 0 Å². The first-order valence-electron chi connectivity index (χ1n) is 3.71. The third-order valence-electron chi connectivity index (χ3n) is 1.84.